The van der Waals surface area contributed by atoms with Gasteiger partial charge in [0.1, 0.15) is 0 Å². The first kappa shape index (κ1) is 16.7. The number of anilines is 1. The van der Waals surface area contributed by atoms with Crippen molar-refractivity contribution in [2.45, 2.75) is 25.4 Å². The Labute approximate surface area is 165 Å². The number of para-hydroxylation sites is 1. The molecule has 1 N–H and O–H groups in total. The number of aromatic amines is 1. The average molecular weight is 424 g/mol. The van der Waals surface area contributed by atoms with Gasteiger partial charge in [-0.3, -0.25) is 14.5 Å². The van der Waals surface area contributed by atoms with Gasteiger partial charge in [0.25, 0.3) is 5.91 Å². The Hall–Kier alpha value is -2.44. The summed E-state index contributed by atoms with van der Waals surface area (Å²) in [4.78, 5) is 32.7. The van der Waals surface area contributed by atoms with Crippen molar-refractivity contribution in [1.29, 1.82) is 0 Å². The van der Waals surface area contributed by atoms with Crippen LogP contribution in [-0.4, -0.2) is 34.3 Å². The molecule has 1 aromatic heterocycles. The second kappa shape index (κ2) is 6.32. The van der Waals surface area contributed by atoms with E-state index in [2.05, 4.69) is 37.9 Å². The van der Waals surface area contributed by atoms with Gasteiger partial charge < -0.3 is 4.98 Å². The molecule has 2 aromatic carbocycles. The van der Waals surface area contributed by atoms with Crippen molar-refractivity contribution in [2.75, 3.05) is 11.4 Å². The highest BCUT2D eigenvalue weighted by Gasteiger charge is 2.43. The molecule has 1 fully saturated rings. The Morgan fingerprint density at radius 3 is 2.78 bits per heavy atom. The van der Waals surface area contributed by atoms with Gasteiger partial charge in [-0.05, 0) is 29.8 Å². The maximum atomic E-state index is 13.1. The van der Waals surface area contributed by atoms with Crippen LogP contribution in [0, 0.1) is 0 Å². The predicted molar refractivity (Wildman–Crippen MR) is 107 cm³/mol. The minimum atomic E-state index is -0.390. The molecule has 0 aliphatic carbocycles. The lowest BCUT2D eigenvalue weighted by Crippen LogP contribution is -2.44. The maximum Gasteiger partial charge on any atom is 0.251 e. The summed E-state index contributed by atoms with van der Waals surface area (Å²) < 4.78 is 0.852. The van der Waals surface area contributed by atoms with Crippen molar-refractivity contribution in [2.24, 2.45) is 0 Å². The molecule has 1 saturated heterocycles. The van der Waals surface area contributed by atoms with Gasteiger partial charge in [-0.2, -0.15) is 0 Å². The molecular formula is C21H18BrN3O2. The first-order valence-electron chi connectivity index (χ1n) is 9.07. The fourth-order valence-electron chi connectivity index (χ4n) is 4.24. The lowest BCUT2D eigenvalue weighted by atomic mass is 10.0. The number of amides is 2. The number of halogens is 1. The van der Waals surface area contributed by atoms with E-state index in [1.807, 2.05) is 30.3 Å². The number of aromatic nitrogens is 1. The molecule has 6 heteroatoms. The Balaban J connectivity index is 1.44. The quantitative estimate of drug-likeness (QED) is 0.640. The molecular weight excluding hydrogens is 406 g/mol. The molecule has 0 bridgehead atoms. The second-order valence-electron chi connectivity index (χ2n) is 7.12. The van der Waals surface area contributed by atoms with Gasteiger partial charge in [-0.1, -0.05) is 40.2 Å². The molecule has 136 valence electrons. The molecule has 3 aromatic rings. The van der Waals surface area contributed by atoms with Crippen molar-refractivity contribution in [1.82, 2.24) is 9.88 Å². The van der Waals surface area contributed by atoms with Crippen LogP contribution in [0.5, 0.6) is 0 Å². The number of fused-ring (bicyclic) bond motifs is 3. The second-order valence-corrected chi connectivity index (χ2v) is 8.03. The van der Waals surface area contributed by atoms with Crippen LogP contribution in [0.3, 0.4) is 0 Å². The van der Waals surface area contributed by atoms with Crippen LogP contribution in [-0.2, 0) is 22.6 Å². The Morgan fingerprint density at radius 2 is 1.93 bits per heavy atom. The number of benzene rings is 2. The predicted octanol–water partition coefficient (Wildman–Crippen LogP) is 3.62. The number of carbonyl (C=O) groups is 2. The number of hydrogen-bond donors (Lipinski definition) is 1. The summed E-state index contributed by atoms with van der Waals surface area (Å²) in [5.41, 5.74) is 4.26. The lowest BCUT2D eigenvalue weighted by Gasteiger charge is -2.31. The van der Waals surface area contributed by atoms with E-state index in [1.165, 1.54) is 21.5 Å². The van der Waals surface area contributed by atoms with Crippen LogP contribution in [0.1, 0.15) is 17.7 Å². The van der Waals surface area contributed by atoms with Crippen LogP contribution < -0.4 is 4.90 Å². The number of H-pyrrole nitrogens is 1. The van der Waals surface area contributed by atoms with Crippen molar-refractivity contribution < 1.29 is 9.59 Å². The first-order valence-corrected chi connectivity index (χ1v) is 9.86. The SMILES string of the molecule is O=C1CC(N2CCc3[nH]c4ccccc4c3C2)C(=O)N1c1cccc(Br)c1. The zero-order valence-corrected chi connectivity index (χ0v) is 16.2. The van der Waals surface area contributed by atoms with Gasteiger partial charge in [-0.15, -0.1) is 0 Å². The number of nitrogens with one attached hydrogen (secondary N) is 1. The van der Waals surface area contributed by atoms with Crippen LogP contribution >= 0.6 is 15.9 Å². The smallest absolute Gasteiger partial charge is 0.251 e. The van der Waals surface area contributed by atoms with E-state index in [0.717, 1.165) is 23.0 Å². The summed E-state index contributed by atoms with van der Waals surface area (Å²) in [7, 11) is 0. The molecule has 3 heterocycles. The molecule has 2 aliphatic heterocycles. The largest absolute Gasteiger partial charge is 0.358 e. The number of imide groups is 1. The summed E-state index contributed by atoms with van der Waals surface area (Å²) in [6, 6.07) is 15.2. The lowest BCUT2D eigenvalue weighted by molar-refractivity contribution is -0.123. The normalized spacial score (nSPS) is 20.5. The summed E-state index contributed by atoms with van der Waals surface area (Å²) in [6.07, 6.45) is 1.10. The van der Waals surface area contributed by atoms with Crippen LogP contribution in [0.15, 0.2) is 53.0 Å². The number of hydrogen-bond acceptors (Lipinski definition) is 3. The highest BCUT2D eigenvalue weighted by atomic mass is 79.9. The van der Waals surface area contributed by atoms with Crippen LogP contribution in [0.25, 0.3) is 10.9 Å². The molecule has 27 heavy (non-hydrogen) atoms. The van der Waals surface area contributed by atoms with E-state index in [1.54, 1.807) is 6.07 Å². The average Bonchev–Trinajstić information content (AvgIpc) is 3.18. The molecule has 0 spiro atoms. The summed E-state index contributed by atoms with van der Waals surface area (Å²) in [5.74, 6) is -0.255. The van der Waals surface area contributed by atoms with Gasteiger partial charge in [0.15, 0.2) is 0 Å². The summed E-state index contributed by atoms with van der Waals surface area (Å²) in [5, 5.41) is 1.21. The van der Waals surface area contributed by atoms with E-state index >= 15 is 0 Å². The van der Waals surface area contributed by atoms with E-state index in [4.69, 9.17) is 0 Å². The van der Waals surface area contributed by atoms with Gasteiger partial charge in [0.05, 0.1) is 18.2 Å². The van der Waals surface area contributed by atoms with E-state index in [0.29, 0.717) is 12.2 Å². The molecule has 5 nitrogen and oxygen atoms in total. The number of carbonyl (C=O) groups excluding carboxylic acids is 2. The van der Waals surface area contributed by atoms with Crippen molar-refractivity contribution in [3.8, 4) is 0 Å². The van der Waals surface area contributed by atoms with Gasteiger partial charge >= 0.3 is 0 Å². The third kappa shape index (κ3) is 2.71. The van der Waals surface area contributed by atoms with Gasteiger partial charge in [0.2, 0.25) is 5.91 Å². The summed E-state index contributed by atoms with van der Waals surface area (Å²) in [6.45, 7) is 1.46. The maximum absolute atomic E-state index is 13.1. The zero-order chi connectivity index (χ0) is 18.5. The van der Waals surface area contributed by atoms with Crippen molar-refractivity contribution in [3.63, 3.8) is 0 Å². The molecule has 2 amide bonds. The molecule has 0 radical (unpaired) electrons. The fourth-order valence-corrected chi connectivity index (χ4v) is 4.63. The van der Waals surface area contributed by atoms with E-state index in [9.17, 15) is 9.59 Å². The minimum Gasteiger partial charge on any atom is -0.358 e. The Bertz CT molecular complexity index is 1070. The standard InChI is InChI=1S/C21H18BrN3O2/c22-13-4-3-5-14(10-13)25-20(26)11-19(21(25)27)24-9-8-18-16(12-24)15-6-1-2-7-17(15)23-18/h1-7,10,19,23H,8-9,11-12H2. The van der Waals surface area contributed by atoms with Gasteiger partial charge in [-0.25, -0.2) is 4.90 Å². The highest BCUT2D eigenvalue weighted by Crippen LogP contribution is 2.32. The van der Waals surface area contributed by atoms with Crippen LogP contribution in [0.2, 0.25) is 0 Å². The third-order valence-corrected chi connectivity index (χ3v) is 6.04. The molecule has 5 rings (SSSR count). The van der Waals surface area contributed by atoms with E-state index in [-0.39, 0.29) is 18.2 Å². The van der Waals surface area contributed by atoms with Gasteiger partial charge in [0, 0.05) is 40.6 Å². The molecule has 1 atom stereocenters. The number of rotatable bonds is 2. The fraction of sp³-hybridized carbons (Fsp3) is 0.238. The monoisotopic (exact) mass is 423 g/mol. The highest BCUT2D eigenvalue weighted by molar-refractivity contribution is 9.10. The van der Waals surface area contributed by atoms with Crippen molar-refractivity contribution >= 4 is 44.3 Å². The molecule has 0 saturated carbocycles. The topological polar surface area (TPSA) is 56.4 Å². The first-order chi connectivity index (χ1) is 13.1. The van der Waals surface area contributed by atoms with Crippen molar-refractivity contribution in [3.05, 3.63) is 64.3 Å². The number of nitrogens with zero attached hydrogens (tertiary/aromatic N) is 2. The minimum absolute atomic E-state index is 0.124. The molecule has 1 unspecified atom stereocenters. The van der Waals surface area contributed by atoms with E-state index < -0.39 is 6.04 Å². The molecule has 2 aliphatic rings. The summed E-state index contributed by atoms with van der Waals surface area (Å²) >= 11 is 3.41. The Morgan fingerprint density at radius 1 is 1.07 bits per heavy atom. The third-order valence-electron chi connectivity index (χ3n) is 5.54. The van der Waals surface area contributed by atoms with Crippen LogP contribution in [0.4, 0.5) is 5.69 Å². The zero-order valence-electron chi connectivity index (χ0n) is 14.6. The Kier molecular flexibility index (Phi) is 3.91.